The van der Waals surface area contributed by atoms with Crippen molar-refractivity contribution in [2.24, 2.45) is 0 Å². The Morgan fingerprint density at radius 2 is 2.37 bits per heavy atom. The molecule has 0 fully saturated rings. The zero-order valence-corrected chi connectivity index (χ0v) is 13.2. The Bertz CT molecular complexity index is 524. The Hall–Kier alpha value is -0.920. The van der Waals surface area contributed by atoms with E-state index in [9.17, 15) is 4.79 Å². The molecule has 1 N–H and O–H groups in total. The van der Waals surface area contributed by atoms with Crippen LogP contribution in [0.5, 0.6) is 0 Å². The van der Waals surface area contributed by atoms with Crippen LogP contribution in [0.4, 0.5) is 5.13 Å². The van der Waals surface area contributed by atoms with Crippen LogP contribution >= 0.6 is 34.4 Å². The lowest BCUT2D eigenvalue weighted by atomic mass is 10.3. The van der Waals surface area contributed by atoms with Crippen LogP contribution < -0.4 is 5.32 Å². The number of aromatic nitrogens is 2. The zero-order chi connectivity index (χ0) is 13.7. The molecule has 0 saturated heterocycles. The van der Waals surface area contributed by atoms with Crippen molar-refractivity contribution in [1.29, 1.82) is 0 Å². The van der Waals surface area contributed by atoms with E-state index in [-0.39, 0.29) is 5.91 Å². The SMILES string of the molecule is CCC(C)Sc1nnc(NC(=O)Cc2cccs2)s1. The summed E-state index contributed by atoms with van der Waals surface area (Å²) in [7, 11) is 0. The van der Waals surface area contributed by atoms with E-state index in [0.29, 0.717) is 16.8 Å². The maximum absolute atomic E-state index is 11.8. The van der Waals surface area contributed by atoms with E-state index in [1.54, 1.807) is 23.1 Å². The first-order chi connectivity index (χ1) is 9.17. The van der Waals surface area contributed by atoms with Gasteiger partial charge >= 0.3 is 0 Å². The van der Waals surface area contributed by atoms with Gasteiger partial charge in [0, 0.05) is 10.1 Å². The van der Waals surface area contributed by atoms with Crippen molar-refractivity contribution in [3.8, 4) is 0 Å². The zero-order valence-electron chi connectivity index (χ0n) is 10.8. The fourth-order valence-corrected chi connectivity index (χ4v) is 4.02. The standard InChI is InChI=1S/C12H15N3OS3/c1-3-8(2)18-12-15-14-11(19-12)13-10(16)7-9-5-4-6-17-9/h4-6,8H,3,7H2,1-2H3,(H,13,14,16). The van der Waals surface area contributed by atoms with Gasteiger partial charge in [-0.1, -0.05) is 43.0 Å². The Morgan fingerprint density at radius 3 is 3.05 bits per heavy atom. The van der Waals surface area contributed by atoms with Gasteiger partial charge in [0.15, 0.2) is 4.34 Å². The van der Waals surface area contributed by atoms with Gasteiger partial charge in [-0.3, -0.25) is 4.79 Å². The summed E-state index contributed by atoms with van der Waals surface area (Å²) in [5, 5.41) is 13.9. The molecule has 102 valence electrons. The number of rotatable bonds is 6. The molecule has 2 aromatic rings. The quantitative estimate of drug-likeness (QED) is 0.653. The summed E-state index contributed by atoms with van der Waals surface area (Å²) < 4.78 is 0.903. The number of thiophene rings is 1. The topological polar surface area (TPSA) is 54.9 Å². The van der Waals surface area contributed by atoms with Crippen molar-refractivity contribution in [2.45, 2.75) is 36.3 Å². The lowest BCUT2D eigenvalue weighted by Gasteiger charge is -2.02. The van der Waals surface area contributed by atoms with Crippen molar-refractivity contribution in [2.75, 3.05) is 5.32 Å². The second-order valence-corrected chi connectivity index (χ2v) is 7.71. The van der Waals surface area contributed by atoms with Gasteiger partial charge in [0.2, 0.25) is 11.0 Å². The van der Waals surface area contributed by atoms with Crippen LogP contribution in [0.1, 0.15) is 25.1 Å². The summed E-state index contributed by atoms with van der Waals surface area (Å²) >= 11 is 4.70. The Kier molecular flexibility index (Phi) is 5.35. The van der Waals surface area contributed by atoms with Crippen LogP contribution in [0.15, 0.2) is 21.9 Å². The number of nitrogens with one attached hydrogen (secondary N) is 1. The van der Waals surface area contributed by atoms with E-state index in [2.05, 4.69) is 29.4 Å². The molecule has 0 aliphatic rings. The van der Waals surface area contributed by atoms with Crippen molar-refractivity contribution in [3.63, 3.8) is 0 Å². The number of hydrogen-bond donors (Lipinski definition) is 1. The molecule has 2 aromatic heterocycles. The largest absolute Gasteiger partial charge is 0.300 e. The number of thioether (sulfide) groups is 1. The minimum Gasteiger partial charge on any atom is -0.300 e. The van der Waals surface area contributed by atoms with Crippen molar-refractivity contribution in [3.05, 3.63) is 22.4 Å². The molecule has 7 heteroatoms. The summed E-state index contributed by atoms with van der Waals surface area (Å²) in [4.78, 5) is 12.8. The molecule has 0 spiro atoms. The van der Waals surface area contributed by atoms with Crippen LogP contribution in [0.2, 0.25) is 0 Å². The molecule has 1 amide bonds. The van der Waals surface area contributed by atoms with Gasteiger partial charge in [-0.2, -0.15) is 0 Å². The second-order valence-electron chi connectivity index (χ2n) is 4.01. The van der Waals surface area contributed by atoms with E-state index in [1.807, 2.05) is 17.5 Å². The molecule has 0 bridgehead atoms. The van der Waals surface area contributed by atoms with Crippen molar-refractivity contribution < 1.29 is 4.79 Å². The van der Waals surface area contributed by atoms with E-state index in [1.165, 1.54) is 11.3 Å². The van der Waals surface area contributed by atoms with Crippen LogP contribution in [-0.4, -0.2) is 21.4 Å². The van der Waals surface area contributed by atoms with Crippen LogP contribution in [0, 0.1) is 0 Å². The summed E-state index contributed by atoms with van der Waals surface area (Å²) in [6.45, 7) is 4.30. The summed E-state index contributed by atoms with van der Waals surface area (Å²) in [5.74, 6) is -0.0429. The third kappa shape index (κ3) is 4.59. The van der Waals surface area contributed by atoms with Gasteiger partial charge in [-0.25, -0.2) is 0 Å². The molecule has 2 heterocycles. The first kappa shape index (κ1) is 14.5. The summed E-state index contributed by atoms with van der Waals surface area (Å²) in [6.07, 6.45) is 1.48. The summed E-state index contributed by atoms with van der Waals surface area (Å²) in [6, 6.07) is 3.90. The van der Waals surface area contributed by atoms with Gasteiger partial charge in [-0.05, 0) is 17.9 Å². The van der Waals surface area contributed by atoms with Crippen LogP contribution in [-0.2, 0) is 11.2 Å². The Balaban J connectivity index is 1.87. The molecule has 0 aromatic carbocycles. The van der Waals surface area contributed by atoms with E-state index < -0.39 is 0 Å². The Labute approximate surface area is 124 Å². The molecule has 19 heavy (non-hydrogen) atoms. The van der Waals surface area contributed by atoms with E-state index in [0.717, 1.165) is 15.6 Å². The molecule has 0 saturated carbocycles. The van der Waals surface area contributed by atoms with Crippen molar-refractivity contribution in [1.82, 2.24) is 10.2 Å². The van der Waals surface area contributed by atoms with Gasteiger partial charge in [0.05, 0.1) is 6.42 Å². The second kappa shape index (κ2) is 7.02. The monoisotopic (exact) mass is 313 g/mol. The highest BCUT2D eigenvalue weighted by molar-refractivity contribution is 8.01. The molecule has 4 nitrogen and oxygen atoms in total. The Morgan fingerprint density at radius 1 is 1.53 bits per heavy atom. The van der Waals surface area contributed by atoms with Gasteiger partial charge in [-0.15, -0.1) is 21.5 Å². The number of carbonyl (C=O) groups is 1. The third-order valence-corrected chi connectivity index (χ3v) is 5.51. The number of anilines is 1. The highest BCUT2D eigenvalue weighted by Crippen LogP contribution is 2.29. The fourth-order valence-electron chi connectivity index (χ4n) is 1.30. The predicted molar refractivity (Wildman–Crippen MR) is 82.2 cm³/mol. The van der Waals surface area contributed by atoms with Gasteiger partial charge < -0.3 is 5.32 Å². The maximum atomic E-state index is 11.8. The average molecular weight is 313 g/mol. The summed E-state index contributed by atoms with van der Waals surface area (Å²) in [5.41, 5.74) is 0. The van der Waals surface area contributed by atoms with Crippen LogP contribution in [0.25, 0.3) is 0 Å². The number of amides is 1. The average Bonchev–Trinajstić information content (AvgIpc) is 3.01. The van der Waals surface area contributed by atoms with Gasteiger partial charge in [0.25, 0.3) is 0 Å². The predicted octanol–water partition coefficient (Wildman–Crippen LogP) is 3.67. The molecule has 2 rings (SSSR count). The highest BCUT2D eigenvalue weighted by atomic mass is 32.2. The normalized spacial score (nSPS) is 12.3. The molecule has 0 aliphatic heterocycles. The molecule has 0 radical (unpaired) electrons. The molecular weight excluding hydrogens is 298 g/mol. The van der Waals surface area contributed by atoms with Crippen LogP contribution in [0.3, 0.4) is 0 Å². The van der Waals surface area contributed by atoms with Crippen molar-refractivity contribution >= 4 is 45.5 Å². The number of nitrogens with zero attached hydrogens (tertiary/aromatic N) is 2. The number of carbonyl (C=O) groups excluding carboxylic acids is 1. The smallest absolute Gasteiger partial charge is 0.231 e. The molecular formula is C12H15N3OS3. The first-order valence-electron chi connectivity index (χ1n) is 5.99. The maximum Gasteiger partial charge on any atom is 0.231 e. The van der Waals surface area contributed by atoms with Gasteiger partial charge in [0.1, 0.15) is 0 Å². The first-order valence-corrected chi connectivity index (χ1v) is 8.57. The number of hydrogen-bond acceptors (Lipinski definition) is 6. The minimum atomic E-state index is -0.0429. The molecule has 0 aliphatic carbocycles. The highest BCUT2D eigenvalue weighted by Gasteiger charge is 2.11. The lowest BCUT2D eigenvalue weighted by Crippen LogP contribution is -2.13. The van der Waals surface area contributed by atoms with E-state index >= 15 is 0 Å². The fraction of sp³-hybridized carbons (Fsp3) is 0.417. The minimum absolute atomic E-state index is 0.0429. The van der Waals surface area contributed by atoms with E-state index in [4.69, 9.17) is 0 Å². The third-order valence-electron chi connectivity index (χ3n) is 2.44. The lowest BCUT2D eigenvalue weighted by molar-refractivity contribution is -0.115. The molecule has 1 atom stereocenters. The molecule has 1 unspecified atom stereocenters.